The summed E-state index contributed by atoms with van der Waals surface area (Å²) in [6.45, 7) is 3.10. The first-order chi connectivity index (χ1) is 14.7. The minimum atomic E-state index is -0.663. The van der Waals surface area contributed by atoms with Crippen molar-refractivity contribution in [2.75, 3.05) is 34.3 Å². The van der Waals surface area contributed by atoms with E-state index in [1.807, 2.05) is 44.1 Å². The topological polar surface area (TPSA) is 70.1 Å². The van der Waals surface area contributed by atoms with Crippen molar-refractivity contribution in [1.29, 1.82) is 0 Å². The molecule has 1 fully saturated rings. The van der Waals surface area contributed by atoms with E-state index in [4.69, 9.17) is 4.74 Å². The highest BCUT2D eigenvalue weighted by Gasteiger charge is 2.45. The second-order valence-electron chi connectivity index (χ2n) is 7.89. The summed E-state index contributed by atoms with van der Waals surface area (Å²) in [5.41, 5.74) is 2.29. The van der Waals surface area contributed by atoms with Crippen molar-refractivity contribution in [2.24, 2.45) is 0 Å². The lowest BCUT2D eigenvalue weighted by molar-refractivity contribution is -0.139. The molecule has 1 amide bonds. The lowest BCUT2D eigenvalue weighted by Gasteiger charge is -2.26. The molecule has 6 nitrogen and oxygen atoms in total. The first-order valence-electron chi connectivity index (χ1n) is 10.1. The fraction of sp³-hybridized carbons (Fsp3) is 0.333. The quantitative estimate of drug-likeness (QED) is 0.361. The Hall–Kier alpha value is -2.64. The van der Waals surface area contributed by atoms with Crippen molar-refractivity contribution >= 4 is 33.4 Å². The zero-order valence-electron chi connectivity index (χ0n) is 18.2. The number of Topliss-reactive ketones (excluding diaryl/α,β-unsaturated/α-hetero) is 1. The molecule has 0 radical (unpaired) electrons. The average molecular weight is 487 g/mol. The maximum atomic E-state index is 13.0. The Balaban J connectivity index is 2.10. The third-order valence-electron chi connectivity index (χ3n) is 5.41. The Morgan fingerprint density at radius 2 is 1.84 bits per heavy atom. The number of methoxy groups -OCH3 is 1. The SMILES string of the molecule is COc1ccc(C2/C(=C(/O)c3ccc(Br)c(C)c3)C(=O)C(=O)N2CCCN(C)C)cc1. The van der Waals surface area contributed by atoms with Gasteiger partial charge < -0.3 is 19.6 Å². The summed E-state index contributed by atoms with van der Waals surface area (Å²) in [5.74, 6) is -0.736. The van der Waals surface area contributed by atoms with Gasteiger partial charge in [0.2, 0.25) is 0 Å². The van der Waals surface area contributed by atoms with Crippen molar-refractivity contribution in [3.63, 3.8) is 0 Å². The number of aliphatic hydroxyl groups is 1. The number of aryl methyl sites for hydroxylation is 1. The van der Waals surface area contributed by atoms with Gasteiger partial charge in [0.15, 0.2) is 0 Å². The molecule has 1 aliphatic rings. The number of halogens is 1. The fourth-order valence-electron chi connectivity index (χ4n) is 3.75. The summed E-state index contributed by atoms with van der Waals surface area (Å²) >= 11 is 3.45. The van der Waals surface area contributed by atoms with Crippen LogP contribution in [-0.4, -0.2) is 60.9 Å². The monoisotopic (exact) mass is 486 g/mol. The van der Waals surface area contributed by atoms with Crippen LogP contribution in [0, 0.1) is 6.92 Å². The molecule has 3 rings (SSSR count). The molecule has 7 heteroatoms. The molecule has 2 aromatic rings. The highest BCUT2D eigenvalue weighted by Crippen LogP contribution is 2.40. The second-order valence-corrected chi connectivity index (χ2v) is 8.74. The van der Waals surface area contributed by atoms with Crippen molar-refractivity contribution in [3.8, 4) is 5.75 Å². The van der Waals surface area contributed by atoms with Crippen LogP contribution in [0.15, 0.2) is 52.5 Å². The van der Waals surface area contributed by atoms with Gasteiger partial charge in [-0.15, -0.1) is 0 Å². The average Bonchev–Trinajstić information content (AvgIpc) is 3.00. The molecule has 2 aromatic carbocycles. The Morgan fingerprint density at radius 1 is 1.16 bits per heavy atom. The molecule has 0 spiro atoms. The molecule has 0 aliphatic carbocycles. The van der Waals surface area contributed by atoms with Gasteiger partial charge in [-0.1, -0.05) is 34.1 Å². The van der Waals surface area contributed by atoms with E-state index in [9.17, 15) is 14.7 Å². The van der Waals surface area contributed by atoms with Gasteiger partial charge in [0.1, 0.15) is 11.5 Å². The lowest BCUT2D eigenvalue weighted by Crippen LogP contribution is -2.32. The predicted molar refractivity (Wildman–Crippen MR) is 124 cm³/mol. The summed E-state index contributed by atoms with van der Waals surface area (Å²) in [7, 11) is 5.51. The summed E-state index contributed by atoms with van der Waals surface area (Å²) < 4.78 is 6.14. The number of amides is 1. The van der Waals surface area contributed by atoms with Crippen LogP contribution in [0.5, 0.6) is 5.75 Å². The zero-order valence-corrected chi connectivity index (χ0v) is 19.8. The smallest absolute Gasteiger partial charge is 0.295 e. The number of carbonyl (C=O) groups excluding carboxylic acids is 2. The van der Waals surface area contributed by atoms with E-state index in [0.717, 1.165) is 22.1 Å². The molecular formula is C24H27BrN2O4. The molecule has 1 unspecified atom stereocenters. The Labute approximate surface area is 191 Å². The molecular weight excluding hydrogens is 460 g/mol. The van der Waals surface area contributed by atoms with E-state index in [1.165, 1.54) is 0 Å². The summed E-state index contributed by atoms with van der Waals surface area (Å²) in [4.78, 5) is 29.6. The van der Waals surface area contributed by atoms with Gasteiger partial charge in [0.05, 0.1) is 18.7 Å². The first kappa shape index (κ1) is 23.0. The van der Waals surface area contributed by atoms with Crippen LogP contribution in [-0.2, 0) is 9.59 Å². The number of likely N-dealkylation sites (tertiary alicyclic amines) is 1. The van der Waals surface area contributed by atoms with E-state index in [-0.39, 0.29) is 11.3 Å². The minimum absolute atomic E-state index is 0.113. The van der Waals surface area contributed by atoms with E-state index in [1.54, 1.807) is 36.3 Å². The van der Waals surface area contributed by atoms with Crippen LogP contribution in [0.4, 0.5) is 0 Å². The summed E-state index contributed by atoms with van der Waals surface area (Å²) in [6.07, 6.45) is 0.712. The van der Waals surface area contributed by atoms with Crippen LogP contribution < -0.4 is 4.74 Å². The van der Waals surface area contributed by atoms with E-state index in [2.05, 4.69) is 15.9 Å². The summed E-state index contributed by atoms with van der Waals surface area (Å²) in [6, 6.07) is 11.9. The molecule has 1 atom stereocenters. The largest absolute Gasteiger partial charge is 0.507 e. The van der Waals surface area contributed by atoms with Gasteiger partial charge in [-0.3, -0.25) is 9.59 Å². The normalized spacial score (nSPS) is 18.1. The third-order valence-corrected chi connectivity index (χ3v) is 6.30. The van der Waals surface area contributed by atoms with Gasteiger partial charge in [-0.05, 0) is 69.4 Å². The zero-order chi connectivity index (χ0) is 22.7. The van der Waals surface area contributed by atoms with E-state index >= 15 is 0 Å². The molecule has 1 saturated heterocycles. The third kappa shape index (κ3) is 4.83. The molecule has 0 bridgehead atoms. The van der Waals surface area contributed by atoms with Crippen molar-refractivity contribution < 1.29 is 19.4 Å². The number of benzene rings is 2. The molecule has 0 aromatic heterocycles. The number of nitrogens with zero attached hydrogens (tertiary/aromatic N) is 2. The van der Waals surface area contributed by atoms with Gasteiger partial charge in [-0.25, -0.2) is 0 Å². The van der Waals surface area contributed by atoms with Crippen molar-refractivity contribution in [1.82, 2.24) is 9.80 Å². The van der Waals surface area contributed by atoms with Crippen LogP contribution >= 0.6 is 15.9 Å². The molecule has 1 N–H and O–H groups in total. The van der Waals surface area contributed by atoms with Crippen molar-refractivity contribution in [3.05, 3.63) is 69.2 Å². The van der Waals surface area contributed by atoms with E-state index in [0.29, 0.717) is 24.3 Å². The van der Waals surface area contributed by atoms with Crippen LogP contribution in [0.25, 0.3) is 5.76 Å². The Kier molecular flexibility index (Phi) is 7.18. The number of rotatable bonds is 7. The first-order valence-corrected chi connectivity index (χ1v) is 10.9. The predicted octanol–water partition coefficient (Wildman–Crippen LogP) is 4.14. The maximum absolute atomic E-state index is 13.0. The van der Waals surface area contributed by atoms with Gasteiger partial charge in [-0.2, -0.15) is 0 Å². The molecule has 31 heavy (non-hydrogen) atoms. The van der Waals surface area contributed by atoms with Crippen LogP contribution in [0.3, 0.4) is 0 Å². The van der Waals surface area contributed by atoms with Gasteiger partial charge in [0.25, 0.3) is 11.7 Å². The highest BCUT2D eigenvalue weighted by atomic mass is 79.9. The minimum Gasteiger partial charge on any atom is -0.507 e. The number of hydrogen-bond donors (Lipinski definition) is 1. The molecule has 164 valence electrons. The number of carbonyl (C=O) groups is 2. The second kappa shape index (κ2) is 9.66. The van der Waals surface area contributed by atoms with Gasteiger partial charge >= 0.3 is 0 Å². The Morgan fingerprint density at radius 3 is 2.42 bits per heavy atom. The fourth-order valence-corrected chi connectivity index (χ4v) is 3.99. The highest BCUT2D eigenvalue weighted by molar-refractivity contribution is 9.10. The molecule has 0 saturated carbocycles. The number of ether oxygens (including phenoxy) is 1. The standard InChI is InChI=1S/C24H27BrN2O4/c1-15-14-17(8-11-19(15)25)22(28)20-21(16-6-9-18(31-4)10-7-16)27(24(30)23(20)29)13-5-12-26(2)3/h6-11,14,21,28H,5,12-13H2,1-4H3/b22-20-. The van der Waals surface area contributed by atoms with Crippen molar-refractivity contribution in [2.45, 2.75) is 19.4 Å². The molecule has 1 aliphatic heterocycles. The maximum Gasteiger partial charge on any atom is 0.295 e. The van der Waals surface area contributed by atoms with E-state index < -0.39 is 17.7 Å². The molecule has 1 heterocycles. The number of hydrogen-bond acceptors (Lipinski definition) is 5. The number of ketones is 1. The van der Waals surface area contributed by atoms with Crippen LogP contribution in [0.2, 0.25) is 0 Å². The number of aliphatic hydroxyl groups excluding tert-OH is 1. The Bertz CT molecular complexity index is 1010. The summed E-state index contributed by atoms with van der Waals surface area (Å²) in [5, 5.41) is 11.1. The van der Waals surface area contributed by atoms with Gasteiger partial charge in [0, 0.05) is 16.6 Å². The van der Waals surface area contributed by atoms with Crippen LogP contribution in [0.1, 0.15) is 29.2 Å². The lowest BCUT2D eigenvalue weighted by atomic mass is 9.95.